The molecule has 0 fully saturated rings. The van der Waals surface area contributed by atoms with Crippen LogP contribution in [0.4, 0.5) is 17.1 Å². The van der Waals surface area contributed by atoms with E-state index in [1.165, 1.54) is 51.6 Å². The van der Waals surface area contributed by atoms with Gasteiger partial charge in [-0.3, -0.25) is 0 Å². The largest absolute Gasteiger partial charge is 0.455 e. The Kier molecular flexibility index (Phi) is 6.63. The summed E-state index contributed by atoms with van der Waals surface area (Å²) in [7, 11) is 0. The Morgan fingerprint density at radius 2 is 1.04 bits per heavy atom. The quantitative estimate of drug-likeness (QED) is 0.178. The predicted octanol–water partition coefficient (Wildman–Crippen LogP) is 15.1. The number of hydrogen-bond donors (Lipinski definition) is 0. The third kappa shape index (κ3) is 4.62. The van der Waals surface area contributed by atoms with Crippen LogP contribution in [0.3, 0.4) is 0 Å². The van der Waals surface area contributed by atoms with Crippen molar-refractivity contribution in [3.63, 3.8) is 0 Å². The Bertz CT molecular complexity index is 3130. The molecule has 0 atom stereocenters. The van der Waals surface area contributed by atoms with Gasteiger partial charge >= 0.3 is 0 Å². The molecule has 11 rings (SSSR count). The summed E-state index contributed by atoms with van der Waals surface area (Å²) in [5, 5.41) is 7.47. The summed E-state index contributed by atoms with van der Waals surface area (Å²) in [4.78, 5) is 2.43. The number of anilines is 3. The first kappa shape index (κ1) is 29.5. The summed E-state index contributed by atoms with van der Waals surface area (Å²) in [5.41, 5.74) is 9.89. The van der Waals surface area contributed by atoms with Gasteiger partial charge in [-0.1, -0.05) is 121 Å². The molecule has 11 aromatic rings. The smallest absolute Gasteiger partial charge is 0.143 e. The monoisotopic (exact) mass is 699 g/mol. The van der Waals surface area contributed by atoms with Gasteiger partial charge in [-0.25, -0.2) is 0 Å². The van der Waals surface area contributed by atoms with Crippen molar-refractivity contribution in [3.05, 3.63) is 176 Å². The molecule has 52 heavy (non-hydrogen) atoms. The van der Waals surface area contributed by atoms with E-state index in [1.807, 2.05) is 28.7 Å². The van der Waals surface area contributed by atoms with Crippen molar-refractivity contribution >= 4 is 102 Å². The lowest BCUT2D eigenvalue weighted by molar-refractivity contribution is 0.670. The van der Waals surface area contributed by atoms with Crippen molar-refractivity contribution in [2.45, 2.75) is 0 Å². The molecule has 0 aliphatic rings. The predicted molar refractivity (Wildman–Crippen MR) is 225 cm³/mol. The Balaban J connectivity index is 1.05. The number of fused-ring (bicyclic) bond motifs is 9. The second kappa shape index (κ2) is 11.7. The van der Waals surface area contributed by atoms with E-state index >= 15 is 0 Å². The molecule has 244 valence electrons. The molecular weight excluding hydrogens is 671 g/mol. The third-order valence-electron chi connectivity index (χ3n) is 10.3. The molecule has 0 amide bonds. The van der Waals surface area contributed by atoms with Crippen LogP contribution in [0.25, 0.3) is 84.5 Å². The van der Waals surface area contributed by atoms with Crippen LogP contribution in [0.1, 0.15) is 0 Å². The Morgan fingerprint density at radius 1 is 0.385 bits per heavy atom. The number of thiophene rings is 2. The van der Waals surface area contributed by atoms with Crippen molar-refractivity contribution in [2.75, 3.05) is 4.90 Å². The molecule has 0 aliphatic carbocycles. The molecule has 0 bridgehead atoms. The number of benzene rings is 8. The molecule has 3 aromatic heterocycles. The number of para-hydroxylation sites is 1. The number of rotatable bonds is 5. The topological polar surface area (TPSA) is 16.4 Å². The van der Waals surface area contributed by atoms with Gasteiger partial charge in [0.05, 0.1) is 10.4 Å². The van der Waals surface area contributed by atoms with Crippen molar-refractivity contribution in [2.24, 2.45) is 0 Å². The Morgan fingerprint density at radius 3 is 1.88 bits per heavy atom. The summed E-state index contributed by atoms with van der Waals surface area (Å²) in [6, 6.07) is 63.6. The van der Waals surface area contributed by atoms with Crippen LogP contribution in [-0.2, 0) is 0 Å². The van der Waals surface area contributed by atoms with E-state index in [1.54, 1.807) is 0 Å². The standard InChI is InChI=1S/C48H29NOS2/c1-2-10-31(11-3-1)35-14-8-15-39-41-28-32(22-27-43(41)50-47(35)39)30-20-23-33(24-21-30)49(34-25-26-38-36-12-4-6-18-44(36)51-46(38)29-34)42-17-9-16-40-37-13-5-7-19-45(37)52-48(40)42/h1-29H. The number of furan rings is 1. The second-order valence-electron chi connectivity index (χ2n) is 13.3. The van der Waals surface area contributed by atoms with Gasteiger partial charge in [0.25, 0.3) is 0 Å². The molecule has 0 unspecified atom stereocenters. The van der Waals surface area contributed by atoms with Gasteiger partial charge in [-0.05, 0) is 71.3 Å². The maximum absolute atomic E-state index is 6.48. The van der Waals surface area contributed by atoms with Gasteiger partial charge in [0.2, 0.25) is 0 Å². The molecule has 4 heteroatoms. The van der Waals surface area contributed by atoms with Crippen LogP contribution >= 0.6 is 22.7 Å². The minimum Gasteiger partial charge on any atom is -0.455 e. The lowest BCUT2D eigenvalue weighted by Crippen LogP contribution is -2.09. The minimum atomic E-state index is 0.901. The zero-order valence-electron chi connectivity index (χ0n) is 27.9. The lowest BCUT2D eigenvalue weighted by Gasteiger charge is -2.26. The first-order valence-corrected chi connectivity index (χ1v) is 19.1. The molecule has 8 aromatic carbocycles. The van der Waals surface area contributed by atoms with Crippen LogP contribution in [0, 0.1) is 0 Å². The van der Waals surface area contributed by atoms with Crippen LogP contribution in [-0.4, -0.2) is 0 Å². The average Bonchev–Trinajstić information content (AvgIpc) is 3.90. The summed E-state index contributed by atoms with van der Waals surface area (Å²) in [6.07, 6.45) is 0. The van der Waals surface area contributed by atoms with Gasteiger partial charge in [0.15, 0.2) is 0 Å². The van der Waals surface area contributed by atoms with Crippen molar-refractivity contribution in [3.8, 4) is 22.3 Å². The number of hydrogen-bond acceptors (Lipinski definition) is 4. The maximum atomic E-state index is 6.48. The highest BCUT2D eigenvalue weighted by atomic mass is 32.1. The molecule has 0 saturated heterocycles. The van der Waals surface area contributed by atoms with Crippen LogP contribution in [0.2, 0.25) is 0 Å². The van der Waals surface area contributed by atoms with E-state index in [9.17, 15) is 0 Å². The molecule has 3 heterocycles. The average molecular weight is 700 g/mol. The molecule has 0 N–H and O–H groups in total. The summed E-state index contributed by atoms with van der Waals surface area (Å²) in [5.74, 6) is 0. The first-order valence-electron chi connectivity index (χ1n) is 17.5. The fourth-order valence-corrected chi connectivity index (χ4v) is 10.2. The van der Waals surface area contributed by atoms with Crippen LogP contribution in [0.5, 0.6) is 0 Å². The van der Waals surface area contributed by atoms with E-state index in [0.29, 0.717) is 0 Å². The lowest BCUT2D eigenvalue weighted by atomic mass is 10.00. The summed E-state index contributed by atoms with van der Waals surface area (Å²) in [6.45, 7) is 0. The SMILES string of the molecule is c1ccc(-c2cccc3c2oc2ccc(-c4ccc(N(c5ccc6c(c5)sc5ccccc56)c5cccc6c5sc5ccccc56)cc4)cc23)cc1. The maximum Gasteiger partial charge on any atom is 0.143 e. The molecular formula is C48H29NOS2. The van der Waals surface area contributed by atoms with E-state index in [-0.39, 0.29) is 0 Å². The van der Waals surface area contributed by atoms with Gasteiger partial charge < -0.3 is 9.32 Å². The second-order valence-corrected chi connectivity index (χ2v) is 15.4. The fourth-order valence-electron chi connectivity index (χ4n) is 7.82. The van der Waals surface area contributed by atoms with E-state index in [4.69, 9.17) is 4.42 Å². The van der Waals surface area contributed by atoms with Crippen molar-refractivity contribution < 1.29 is 4.42 Å². The third-order valence-corrected chi connectivity index (χ3v) is 12.6. The fraction of sp³-hybridized carbons (Fsp3) is 0. The molecule has 2 nitrogen and oxygen atoms in total. The molecule has 0 radical (unpaired) electrons. The zero-order valence-corrected chi connectivity index (χ0v) is 29.5. The summed E-state index contributed by atoms with van der Waals surface area (Å²) < 4.78 is 11.7. The normalized spacial score (nSPS) is 11.8. The first-order chi connectivity index (χ1) is 25.8. The number of nitrogens with zero attached hydrogens (tertiary/aromatic N) is 1. The van der Waals surface area contributed by atoms with Crippen LogP contribution < -0.4 is 4.90 Å². The Hall–Kier alpha value is -6.20. The minimum absolute atomic E-state index is 0.901. The van der Waals surface area contributed by atoms with Gasteiger partial charge in [0, 0.05) is 63.4 Å². The van der Waals surface area contributed by atoms with Crippen LogP contribution in [0.15, 0.2) is 180 Å². The van der Waals surface area contributed by atoms with Gasteiger partial charge in [-0.15, -0.1) is 22.7 Å². The van der Waals surface area contributed by atoms with Gasteiger partial charge in [-0.2, -0.15) is 0 Å². The molecule has 0 spiro atoms. The Labute approximate surface area is 308 Å². The molecule has 0 aliphatic heterocycles. The van der Waals surface area contributed by atoms with E-state index in [0.717, 1.165) is 50.0 Å². The highest BCUT2D eigenvalue weighted by molar-refractivity contribution is 7.26. The highest BCUT2D eigenvalue weighted by Gasteiger charge is 2.20. The molecule has 0 saturated carbocycles. The summed E-state index contributed by atoms with van der Waals surface area (Å²) >= 11 is 3.73. The van der Waals surface area contributed by atoms with Crippen molar-refractivity contribution in [1.82, 2.24) is 0 Å². The van der Waals surface area contributed by atoms with Gasteiger partial charge in [0.1, 0.15) is 11.2 Å². The zero-order chi connectivity index (χ0) is 34.2. The highest BCUT2D eigenvalue weighted by Crippen LogP contribution is 2.47. The van der Waals surface area contributed by atoms with E-state index in [2.05, 4.69) is 175 Å². The van der Waals surface area contributed by atoms with Crippen molar-refractivity contribution in [1.29, 1.82) is 0 Å². The van der Waals surface area contributed by atoms with E-state index < -0.39 is 0 Å².